The third-order valence-corrected chi connectivity index (χ3v) is 4.70. The smallest absolute Gasteiger partial charge is 0.225 e. The van der Waals surface area contributed by atoms with Crippen LogP contribution in [-0.2, 0) is 6.54 Å². The highest BCUT2D eigenvalue weighted by atomic mass is 127. The van der Waals surface area contributed by atoms with Crippen LogP contribution in [-0.4, -0.2) is 79.1 Å². The van der Waals surface area contributed by atoms with Crippen molar-refractivity contribution in [2.24, 2.45) is 4.99 Å². The van der Waals surface area contributed by atoms with Gasteiger partial charge >= 0.3 is 0 Å². The summed E-state index contributed by atoms with van der Waals surface area (Å²) in [5.74, 6) is 1.78. The average Bonchev–Trinajstić information content (AvgIpc) is 2.73. The number of nitrogens with one attached hydrogen (secondary N) is 1. The summed E-state index contributed by atoms with van der Waals surface area (Å²) in [6.07, 6.45) is 3.59. The molecule has 7 nitrogen and oxygen atoms in total. The maximum atomic E-state index is 4.45. The van der Waals surface area contributed by atoms with Crippen LogP contribution in [0.4, 0.5) is 5.95 Å². The zero-order chi connectivity index (χ0) is 18.9. The van der Waals surface area contributed by atoms with Gasteiger partial charge in [0.25, 0.3) is 0 Å². The molecule has 152 valence electrons. The van der Waals surface area contributed by atoms with E-state index >= 15 is 0 Å². The van der Waals surface area contributed by atoms with Crippen LogP contribution < -0.4 is 10.2 Å². The third-order valence-electron chi connectivity index (χ3n) is 4.70. The molecule has 0 unspecified atom stereocenters. The second kappa shape index (κ2) is 11.8. The lowest BCUT2D eigenvalue weighted by molar-refractivity contribution is 0.324. The van der Waals surface area contributed by atoms with Gasteiger partial charge in [0.05, 0.1) is 0 Å². The molecule has 1 saturated heterocycles. The molecular formula is C20H30IN7. The van der Waals surface area contributed by atoms with Gasteiger partial charge in [-0.05, 0) is 18.7 Å². The first kappa shape index (κ1) is 22.4. The summed E-state index contributed by atoms with van der Waals surface area (Å²) in [6, 6.07) is 12.4. The number of benzene rings is 1. The summed E-state index contributed by atoms with van der Waals surface area (Å²) in [5, 5.41) is 3.49. The number of piperazine rings is 1. The summed E-state index contributed by atoms with van der Waals surface area (Å²) in [7, 11) is 4.00. The molecule has 0 aliphatic carbocycles. The number of rotatable bonds is 6. The van der Waals surface area contributed by atoms with Gasteiger partial charge in [0.2, 0.25) is 5.95 Å². The molecule has 0 atom stereocenters. The number of halogens is 1. The van der Waals surface area contributed by atoms with Crippen molar-refractivity contribution in [1.29, 1.82) is 0 Å². The van der Waals surface area contributed by atoms with E-state index in [1.54, 1.807) is 12.4 Å². The summed E-state index contributed by atoms with van der Waals surface area (Å²) < 4.78 is 0. The number of anilines is 1. The van der Waals surface area contributed by atoms with Crippen molar-refractivity contribution in [3.8, 4) is 0 Å². The first-order chi connectivity index (χ1) is 13.3. The van der Waals surface area contributed by atoms with E-state index in [-0.39, 0.29) is 24.0 Å². The number of nitrogens with zero attached hydrogens (tertiary/aromatic N) is 6. The van der Waals surface area contributed by atoms with Crippen LogP contribution in [0.5, 0.6) is 0 Å². The predicted octanol–water partition coefficient (Wildman–Crippen LogP) is 1.92. The molecule has 1 fully saturated rings. The Morgan fingerprint density at radius 1 is 1.07 bits per heavy atom. The van der Waals surface area contributed by atoms with E-state index in [0.29, 0.717) is 0 Å². The SMILES string of the molecule is CN=C(NCCN(C)Cc1ccccc1)N1CCN(c2ncccn2)CC1.I. The zero-order valence-corrected chi connectivity index (χ0v) is 19.0. The quantitative estimate of drug-likeness (QED) is 0.376. The Morgan fingerprint density at radius 2 is 1.75 bits per heavy atom. The predicted molar refractivity (Wildman–Crippen MR) is 125 cm³/mol. The average molecular weight is 495 g/mol. The summed E-state index contributed by atoms with van der Waals surface area (Å²) in [6.45, 7) is 6.42. The van der Waals surface area contributed by atoms with Crippen molar-refractivity contribution in [2.45, 2.75) is 6.54 Å². The van der Waals surface area contributed by atoms with Crippen molar-refractivity contribution in [1.82, 2.24) is 25.1 Å². The molecular weight excluding hydrogens is 465 g/mol. The fraction of sp³-hybridized carbons (Fsp3) is 0.450. The fourth-order valence-corrected chi connectivity index (χ4v) is 3.24. The van der Waals surface area contributed by atoms with E-state index in [1.807, 2.05) is 13.1 Å². The number of hydrogen-bond acceptors (Lipinski definition) is 5. The summed E-state index contributed by atoms with van der Waals surface area (Å²) in [4.78, 5) is 20.0. The Labute approximate surface area is 184 Å². The van der Waals surface area contributed by atoms with E-state index in [1.165, 1.54) is 5.56 Å². The van der Waals surface area contributed by atoms with Gasteiger partial charge in [0, 0.05) is 65.3 Å². The van der Waals surface area contributed by atoms with Crippen LogP contribution in [0.3, 0.4) is 0 Å². The number of aliphatic imine (C=N–C) groups is 1. The lowest BCUT2D eigenvalue weighted by atomic mass is 10.2. The van der Waals surface area contributed by atoms with E-state index < -0.39 is 0 Å². The van der Waals surface area contributed by atoms with Crippen LogP contribution >= 0.6 is 24.0 Å². The van der Waals surface area contributed by atoms with Gasteiger partial charge in [0.1, 0.15) is 0 Å². The molecule has 2 heterocycles. The Kier molecular flexibility index (Phi) is 9.42. The Morgan fingerprint density at radius 3 is 2.39 bits per heavy atom. The molecule has 2 aromatic rings. The molecule has 1 aliphatic heterocycles. The zero-order valence-electron chi connectivity index (χ0n) is 16.7. The molecule has 0 spiro atoms. The molecule has 0 radical (unpaired) electrons. The minimum absolute atomic E-state index is 0. The molecule has 3 rings (SSSR count). The first-order valence-corrected chi connectivity index (χ1v) is 9.46. The summed E-state index contributed by atoms with van der Waals surface area (Å²) >= 11 is 0. The minimum Gasteiger partial charge on any atom is -0.355 e. The Balaban J connectivity index is 0.00000280. The van der Waals surface area contributed by atoms with Gasteiger partial charge in [-0.15, -0.1) is 24.0 Å². The molecule has 1 aromatic carbocycles. The number of hydrogen-bond donors (Lipinski definition) is 1. The topological polar surface area (TPSA) is 59.9 Å². The van der Waals surface area contributed by atoms with Crippen LogP contribution in [0.1, 0.15) is 5.56 Å². The monoisotopic (exact) mass is 495 g/mol. The van der Waals surface area contributed by atoms with Gasteiger partial charge in [-0.1, -0.05) is 30.3 Å². The number of aromatic nitrogens is 2. The highest BCUT2D eigenvalue weighted by Gasteiger charge is 2.20. The molecule has 1 aromatic heterocycles. The minimum atomic E-state index is 0. The molecule has 28 heavy (non-hydrogen) atoms. The number of guanidine groups is 1. The van der Waals surface area contributed by atoms with Crippen molar-refractivity contribution >= 4 is 35.9 Å². The maximum Gasteiger partial charge on any atom is 0.225 e. The fourth-order valence-electron chi connectivity index (χ4n) is 3.24. The van der Waals surface area contributed by atoms with Gasteiger partial charge in [0.15, 0.2) is 5.96 Å². The highest BCUT2D eigenvalue weighted by Crippen LogP contribution is 2.09. The second-order valence-corrected chi connectivity index (χ2v) is 6.72. The van der Waals surface area contributed by atoms with Crippen molar-refractivity contribution in [3.63, 3.8) is 0 Å². The van der Waals surface area contributed by atoms with Gasteiger partial charge in [-0.2, -0.15) is 0 Å². The molecule has 0 amide bonds. The van der Waals surface area contributed by atoms with Crippen molar-refractivity contribution in [3.05, 3.63) is 54.4 Å². The Bertz CT molecular complexity index is 703. The van der Waals surface area contributed by atoms with E-state index in [4.69, 9.17) is 0 Å². The van der Waals surface area contributed by atoms with Crippen molar-refractivity contribution in [2.75, 3.05) is 58.3 Å². The van der Waals surface area contributed by atoms with E-state index in [9.17, 15) is 0 Å². The van der Waals surface area contributed by atoms with Crippen LogP contribution in [0.25, 0.3) is 0 Å². The van der Waals surface area contributed by atoms with Gasteiger partial charge < -0.3 is 20.0 Å². The van der Waals surface area contributed by atoms with Crippen LogP contribution in [0.15, 0.2) is 53.8 Å². The largest absolute Gasteiger partial charge is 0.355 e. The summed E-state index contributed by atoms with van der Waals surface area (Å²) in [5.41, 5.74) is 1.34. The maximum absolute atomic E-state index is 4.45. The molecule has 1 aliphatic rings. The number of likely N-dealkylation sites (N-methyl/N-ethyl adjacent to an activating group) is 1. The third kappa shape index (κ3) is 6.59. The standard InChI is InChI=1S/C20H29N7.HI/c1-21-19(24-11-12-25(2)17-18-7-4-3-5-8-18)26-13-15-27(16-14-26)20-22-9-6-10-23-20;/h3-10H,11-17H2,1-2H3,(H,21,24);1H. The Hall–Kier alpha value is -1.94. The lowest BCUT2D eigenvalue weighted by Gasteiger charge is -2.36. The van der Waals surface area contributed by atoms with Crippen molar-refractivity contribution < 1.29 is 0 Å². The highest BCUT2D eigenvalue weighted by molar-refractivity contribution is 14.0. The van der Waals surface area contributed by atoms with Crippen LogP contribution in [0.2, 0.25) is 0 Å². The van der Waals surface area contributed by atoms with Gasteiger partial charge in [-0.3, -0.25) is 4.99 Å². The second-order valence-electron chi connectivity index (χ2n) is 6.72. The molecule has 8 heteroatoms. The first-order valence-electron chi connectivity index (χ1n) is 9.46. The lowest BCUT2D eigenvalue weighted by Crippen LogP contribution is -2.53. The van der Waals surface area contributed by atoms with E-state index in [0.717, 1.165) is 57.7 Å². The molecule has 0 saturated carbocycles. The van der Waals surface area contributed by atoms with Gasteiger partial charge in [-0.25, -0.2) is 9.97 Å². The molecule has 0 bridgehead atoms. The van der Waals surface area contributed by atoms with Crippen LogP contribution in [0, 0.1) is 0 Å². The molecule has 1 N–H and O–H groups in total. The van der Waals surface area contributed by atoms with E-state index in [2.05, 4.69) is 72.4 Å². The normalized spacial score (nSPS) is 14.8.